The standard InChI is InChI=1S/C11H14N2O3S/c1-16-9-5-4-8(17-9)11(15)13-7-3-2-6-12-10(7)14/h4-5,7H,2-3,6H2,1H3,(H,12,14)(H,13,15)/t7-/m1/s1. The Hall–Kier alpha value is -1.56. The minimum Gasteiger partial charge on any atom is -0.487 e. The SMILES string of the molecule is COc1ccc(C(=O)N[C@@H]2CCCNC2=O)s1. The Bertz CT molecular complexity index is 430. The fraction of sp³-hybridized carbons (Fsp3) is 0.455. The van der Waals surface area contributed by atoms with Crippen LogP contribution in [0.1, 0.15) is 22.5 Å². The van der Waals surface area contributed by atoms with Gasteiger partial charge in [-0.25, -0.2) is 0 Å². The van der Waals surface area contributed by atoms with E-state index >= 15 is 0 Å². The zero-order valence-electron chi connectivity index (χ0n) is 9.49. The van der Waals surface area contributed by atoms with Crippen LogP contribution in [0.25, 0.3) is 0 Å². The topological polar surface area (TPSA) is 67.4 Å². The minimum absolute atomic E-state index is 0.104. The summed E-state index contributed by atoms with van der Waals surface area (Å²) in [6, 6.07) is 3.02. The van der Waals surface area contributed by atoms with Gasteiger partial charge in [0.05, 0.1) is 12.0 Å². The van der Waals surface area contributed by atoms with Gasteiger partial charge < -0.3 is 15.4 Å². The molecule has 0 aromatic carbocycles. The molecule has 2 amide bonds. The molecule has 6 heteroatoms. The first-order valence-electron chi connectivity index (χ1n) is 5.43. The molecule has 1 saturated heterocycles. The fourth-order valence-electron chi connectivity index (χ4n) is 1.69. The minimum atomic E-state index is -0.413. The number of carbonyl (C=O) groups excluding carboxylic acids is 2. The Balaban J connectivity index is 1.98. The number of hydrogen-bond donors (Lipinski definition) is 2. The Labute approximate surface area is 103 Å². The summed E-state index contributed by atoms with van der Waals surface area (Å²) in [5.41, 5.74) is 0. The molecule has 0 aliphatic carbocycles. The molecular formula is C11H14N2O3S. The summed E-state index contributed by atoms with van der Waals surface area (Å²) in [4.78, 5) is 23.9. The van der Waals surface area contributed by atoms with Crippen molar-refractivity contribution in [2.24, 2.45) is 0 Å². The number of ether oxygens (including phenoxy) is 1. The van der Waals surface area contributed by atoms with E-state index in [0.717, 1.165) is 6.42 Å². The third-order valence-corrected chi connectivity index (χ3v) is 3.64. The molecule has 17 heavy (non-hydrogen) atoms. The normalized spacial score (nSPS) is 19.6. The van der Waals surface area contributed by atoms with E-state index in [1.165, 1.54) is 11.3 Å². The Kier molecular flexibility index (Phi) is 3.63. The van der Waals surface area contributed by atoms with Gasteiger partial charge in [-0.15, -0.1) is 0 Å². The molecule has 5 nitrogen and oxygen atoms in total. The van der Waals surface area contributed by atoms with E-state index in [0.29, 0.717) is 22.9 Å². The van der Waals surface area contributed by atoms with Crippen molar-refractivity contribution in [3.8, 4) is 5.06 Å². The van der Waals surface area contributed by atoms with E-state index in [4.69, 9.17) is 4.74 Å². The highest BCUT2D eigenvalue weighted by Crippen LogP contribution is 2.23. The van der Waals surface area contributed by atoms with Crippen molar-refractivity contribution in [3.63, 3.8) is 0 Å². The fourth-order valence-corrected chi connectivity index (χ4v) is 2.41. The summed E-state index contributed by atoms with van der Waals surface area (Å²) in [6.45, 7) is 0.692. The lowest BCUT2D eigenvalue weighted by Gasteiger charge is -2.22. The van der Waals surface area contributed by atoms with Gasteiger partial charge in [0, 0.05) is 6.54 Å². The van der Waals surface area contributed by atoms with Gasteiger partial charge in [-0.2, -0.15) is 0 Å². The zero-order valence-corrected chi connectivity index (χ0v) is 10.3. The van der Waals surface area contributed by atoms with E-state index in [1.54, 1.807) is 19.2 Å². The van der Waals surface area contributed by atoms with Gasteiger partial charge in [-0.05, 0) is 25.0 Å². The summed E-state index contributed by atoms with van der Waals surface area (Å²) in [5.74, 6) is -0.325. The number of carbonyl (C=O) groups is 2. The van der Waals surface area contributed by atoms with Crippen LogP contribution in [-0.4, -0.2) is 31.5 Å². The number of hydrogen-bond acceptors (Lipinski definition) is 4. The van der Waals surface area contributed by atoms with Gasteiger partial charge in [0.25, 0.3) is 5.91 Å². The first kappa shape index (κ1) is 11.9. The molecule has 0 spiro atoms. The molecule has 1 fully saturated rings. The quantitative estimate of drug-likeness (QED) is 0.837. The van der Waals surface area contributed by atoms with Crippen molar-refractivity contribution in [2.45, 2.75) is 18.9 Å². The first-order valence-corrected chi connectivity index (χ1v) is 6.25. The summed E-state index contributed by atoms with van der Waals surface area (Å²) >= 11 is 1.26. The van der Waals surface area contributed by atoms with Crippen molar-refractivity contribution >= 4 is 23.2 Å². The second kappa shape index (κ2) is 5.18. The van der Waals surface area contributed by atoms with Crippen LogP contribution in [0.5, 0.6) is 5.06 Å². The molecule has 0 saturated carbocycles. The van der Waals surface area contributed by atoms with Crippen LogP contribution in [-0.2, 0) is 4.79 Å². The maximum atomic E-state index is 11.9. The summed E-state index contributed by atoms with van der Waals surface area (Å²) in [5, 5.41) is 6.14. The second-order valence-electron chi connectivity index (χ2n) is 3.78. The van der Waals surface area contributed by atoms with E-state index in [2.05, 4.69) is 10.6 Å². The van der Waals surface area contributed by atoms with Gasteiger partial charge >= 0.3 is 0 Å². The first-order chi connectivity index (χ1) is 8.20. The number of rotatable bonds is 3. The van der Waals surface area contributed by atoms with Gasteiger partial charge in [0.1, 0.15) is 6.04 Å². The highest BCUT2D eigenvalue weighted by molar-refractivity contribution is 7.15. The Morgan fingerprint density at radius 1 is 1.59 bits per heavy atom. The molecule has 0 bridgehead atoms. The predicted molar refractivity (Wildman–Crippen MR) is 64.4 cm³/mol. The van der Waals surface area contributed by atoms with E-state index < -0.39 is 6.04 Å². The highest BCUT2D eigenvalue weighted by atomic mass is 32.1. The number of thiophene rings is 1. The number of amides is 2. The molecule has 1 atom stereocenters. The lowest BCUT2D eigenvalue weighted by atomic mass is 10.1. The van der Waals surface area contributed by atoms with Crippen LogP contribution < -0.4 is 15.4 Å². The summed E-state index contributed by atoms with van der Waals surface area (Å²) in [7, 11) is 1.56. The third-order valence-electron chi connectivity index (χ3n) is 2.60. The van der Waals surface area contributed by atoms with Crippen molar-refractivity contribution in [1.29, 1.82) is 0 Å². The van der Waals surface area contributed by atoms with Gasteiger partial charge in [-0.3, -0.25) is 9.59 Å². The largest absolute Gasteiger partial charge is 0.487 e. The molecule has 1 aliphatic heterocycles. The number of piperidine rings is 1. The van der Waals surface area contributed by atoms with Crippen LogP contribution in [0.4, 0.5) is 0 Å². The average Bonchev–Trinajstić information content (AvgIpc) is 2.81. The molecule has 0 radical (unpaired) electrons. The summed E-state index contributed by atoms with van der Waals surface area (Å²) < 4.78 is 5.02. The number of nitrogens with one attached hydrogen (secondary N) is 2. The molecule has 2 N–H and O–H groups in total. The second-order valence-corrected chi connectivity index (χ2v) is 4.83. The average molecular weight is 254 g/mol. The Morgan fingerprint density at radius 3 is 3.06 bits per heavy atom. The van der Waals surface area contributed by atoms with Crippen LogP contribution >= 0.6 is 11.3 Å². The maximum Gasteiger partial charge on any atom is 0.262 e. The molecule has 1 aliphatic rings. The maximum absolute atomic E-state index is 11.9. The van der Waals surface area contributed by atoms with Crippen LogP contribution in [0, 0.1) is 0 Å². The molecule has 92 valence electrons. The van der Waals surface area contributed by atoms with Crippen molar-refractivity contribution in [3.05, 3.63) is 17.0 Å². The molecule has 1 aromatic rings. The van der Waals surface area contributed by atoms with Gasteiger partial charge in [0.15, 0.2) is 5.06 Å². The third kappa shape index (κ3) is 2.76. The smallest absolute Gasteiger partial charge is 0.262 e. The van der Waals surface area contributed by atoms with Crippen molar-refractivity contribution < 1.29 is 14.3 Å². The zero-order chi connectivity index (χ0) is 12.3. The van der Waals surface area contributed by atoms with Crippen molar-refractivity contribution in [2.75, 3.05) is 13.7 Å². The van der Waals surface area contributed by atoms with Crippen molar-refractivity contribution in [1.82, 2.24) is 10.6 Å². The molecule has 1 aromatic heterocycles. The molecule has 0 unspecified atom stereocenters. The monoisotopic (exact) mass is 254 g/mol. The van der Waals surface area contributed by atoms with E-state index in [1.807, 2.05) is 0 Å². The number of methoxy groups -OCH3 is 1. The highest BCUT2D eigenvalue weighted by Gasteiger charge is 2.24. The van der Waals surface area contributed by atoms with Crippen LogP contribution in [0.15, 0.2) is 12.1 Å². The van der Waals surface area contributed by atoms with E-state index in [-0.39, 0.29) is 11.8 Å². The summed E-state index contributed by atoms with van der Waals surface area (Å²) in [6.07, 6.45) is 1.59. The van der Waals surface area contributed by atoms with Crippen LogP contribution in [0.3, 0.4) is 0 Å². The van der Waals surface area contributed by atoms with Gasteiger partial charge in [-0.1, -0.05) is 11.3 Å². The van der Waals surface area contributed by atoms with E-state index in [9.17, 15) is 9.59 Å². The molecular weight excluding hydrogens is 240 g/mol. The Morgan fingerprint density at radius 2 is 2.41 bits per heavy atom. The predicted octanol–water partition coefficient (Wildman–Crippen LogP) is 0.765. The lowest BCUT2D eigenvalue weighted by molar-refractivity contribution is -0.124. The molecule has 2 rings (SSSR count). The van der Waals surface area contributed by atoms with Crippen LogP contribution in [0.2, 0.25) is 0 Å². The molecule has 2 heterocycles. The lowest BCUT2D eigenvalue weighted by Crippen LogP contribution is -2.50. The van der Waals surface area contributed by atoms with Gasteiger partial charge in [0.2, 0.25) is 5.91 Å².